The first-order valence-electron chi connectivity index (χ1n) is 2.65. The topological polar surface area (TPSA) is 74.6 Å². The molecule has 0 saturated heterocycles. The fraction of sp³-hybridized carbons (Fsp3) is 0.600. The molecule has 0 radical (unpaired) electrons. The number of hydrogen-bond donors (Lipinski definition) is 2. The van der Waals surface area contributed by atoms with Crippen molar-refractivity contribution in [1.82, 2.24) is 0 Å². The van der Waals surface area contributed by atoms with Gasteiger partial charge in [0.2, 0.25) is 0 Å². The molecule has 0 aromatic carbocycles. The molecular weight excluding hydrogens is 162 g/mol. The molecule has 0 aliphatic rings. The van der Waals surface area contributed by atoms with Crippen molar-refractivity contribution in [3.8, 4) is 0 Å². The Bertz CT molecular complexity index is 168. The van der Waals surface area contributed by atoms with Crippen LogP contribution < -0.4 is 0 Å². The van der Waals surface area contributed by atoms with E-state index in [-0.39, 0.29) is 6.29 Å². The largest absolute Gasteiger partial charge is 0.477 e. The Morgan fingerprint density at radius 3 is 2.36 bits per heavy atom. The quantitative estimate of drug-likeness (QED) is 0.563. The van der Waals surface area contributed by atoms with Gasteiger partial charge in [-0.3, -0.25) is 0 Å². The Labute approximate surface area is 60.4 Å². The molecule has 4 nitrogen and oxygen atoms in total. The van der Waals surface area contributed by atoms with Crippen LogP contribution in [-0.2, 0) is 9.59 Å². The number of aliphatic hydroxyl groups is 1. The second kappa shape index (κ2) is 3.38. The monoisotopic (exact) mass is 168 g/mol. The molecule has 0 rings (SSSR count). The summed E-state index contributed by atoms with van der Waals surface area (Å²) in [5.74, 6) is -6.69. The third-order valence-electron chi connectivity index (χ3n) is 1.02. The first kappa shape index (κ1) is 9.96. The molecular formula is C5H6F2O4. The normalized spacial score (nSPS) is 14.1. The number of carboxylic acid groups (broad SMARTS) is 1. The maximum Gasteiger partial charge on any atom is 0.377 e. The lowest BCUT2D eigenvalue weighted by Crippen LogP contribution is -2.41. The van der Waals surface area contributed by atoms with Crippen LogP contribution in [0, 0.1) is 0 Å². The fourth-order valence-corrected chi connectivity index (χ4v) is 0.382. The van der Waals surface area contributed by atoms with Crippen LogP contribution in [0.2, 0.25) is 0 Å². The maximum atomic E-state index is 12.1. The van der Waals surface area contributed by atoms with Gasteiger partial charge in [-0.05, 0) is 0 Å². The molecule has 11 heavy (non-hydrogen) atoms. The summed E-state index contributed by atoms with van der Waals surface area (Å²) in [7, 11) is 0. The van der Waals surface area contributed by atoms with Crippen LogP contribution in [0.3, 0.4) is 0 Å². The molecule has 1 atom stereocenters. The Morgan fingerprint density at radius 1 is 1.64 bits per heavy atom. The average Bonchev–Trinajstić information content (AvgIpc) is 1.88. The summed E-state index contributed by atoms with van der Waals surface area (Å²) >= 11 is 0. The Balaban J connectivity index is 4.28. The molecule has 0 saturated carbocycles. The van der Waals surface area contributed by atoms with Crippen LogP contribution in [-0.4, -0.2) is 34.5 Å². The molecule has 1 unspecified atom stereocenters. The number of rotatable bonds is 4. The smallest absolute Gasteiger partial charge is 0.377 e. The minimum absolute atomic E-state index is 0.0293. The van der Waals surface area contributed by atoms with Gasteiger partial charge in [0.25, 0.3) is 0 Å². The van der Waals surface area contributed by atoms with E-state index in [9.17, 15) is 18.4 Å². The van der Waals surface area contributed by atoms with Gasteiger partial charge >= 0.3 is 11.9 Å². The van der Waals surface area contributed by atoms with Crippen LogP contribution in [0.4, 0.5) is 8.78 Å². The van der Waals surface area contributed by atoms with Crippen LogP contribution in [0.5, 0.6) is 0 Å². The average molecular weight is 168 g/mol. The minimum atomic E-state index is -4.25. The molecule has 0 aliphatic carbocycles. The van der Waals surface area contributed by atoms with Crippen molar-refractivity contribution >= 4 is 12.3 Å². The van der Waals surface area contributed by atoms with E-state index in [0.29, 0.717) is 0 Å². The molecule has 2 N–H and O–H groups in total. The van der Waals surface area contributed by atoms with E-state index >= 15 is 0 Å². The van der Waals surface area contributed by atoms with Crippen molar-refractivity contribution in [2.24, 2.45) is 0 Å². The number of carbonyl (C=O) groups is 2. The zero-order chi connectivity index (χ0) is 9.07. The zero-order valence-electron chi connectivity index (χ0n) is 5.33. The zero-order valence-corrected chi connectivity index (χ0v) is 5.33. The van der Waals surface area contributed by atoms with E-state index < -0.39 is 24.4 Å². The van der Waals surface area contributed by atoms with Gasteiger partial charge < -0.3 is 15.0 Å². The number of aliphatic hydroxyl groups excluding tert-OH is 1. The van der Waals surface area contributed by atoms with E-state index in [1.165, 1.54) is 0 Å². The van der Waals surface area contributed by atoms with E-state index in [2.05, 4.69) is 0 Å². The van der Waals surface area contributed by atoms with Crippen molar-refractivity contribution in [1.29, 1.82) is 0 Å². The van der Waals surface area contributed by atoms with Gasteiger partial charge in [0.15, 0.2) is 0 Å². The molecule has 64 valence electrons. The highest BCUT2D eigenvalue weighted by Crippen LogP contribution is 2.20. The predicted octanol–water partition coefficient (Wildman–Crippen LogP) is -0.344. The Kier molecular flexibility index (Phi) is 3.06. The summed E-state index contributed by atoms with van der Waals surface area (Å²) in [6.45, 7) is 0. The lowest BCUT2D eigenvalue weighted by atomic mass is 10.1. The van der Waals surface area contributed by atoms with Gasteiger partial charge in [-0.15, -0.1) is 0 Å². The number of alkyl halides is 2. The van der Waals surface area contributed by atoms with Gasteiger partial charge in [0, 0.05) is 6.42 Å². The number of halogens is 2. The highest BCUT2D eigenvalue weighted by atomic mass is 19.3. The van der Waals surface area contributed by atoms with Gasteiger partial charge in [-0.1, -0.05) is 0 Å². The van der Waals surface area contributed by atoms with Gasteiger partial charge in [0.1, 0.15) is 12.4 Å². The van der Waals surface area contributed by atoms with E-state index in [1.807, 2.05) is 0 Å². The molecule has 0 aromatic heterocycles. The predicted molar refractivity (Wildman–Crippen MR) is 29.3 cm³/mol. The minimum Gasteiger partial charge on any atom is -0.477 e. The highest BCUT2D eigenvalue weighted by molar-refractivity contribution is 5.76. The number of carbonyl (C=O) groups excluding carboxylic acids is 1. The second-order valence-corrected chi connectivity index (χ2v) is 1.85. The van der Waals surface area contributed by atoms with Crippen molar-refractivity contribution < 1.29 is 28.6 Å². The molecule has 0 aliphatic heterocycles. The second-order valence-electron chi connectivity index (χ2n) is 1.85. The summed E-state index contributed by atoms with van der Waals surface area (Å²) in [6.07, 6.45) is -3.31. The van der Waals surface area contributed by atoms with Gasteiger partial charge in [-0.2, -0.15) is 8.78 Å². The van der Waals surface area contributed by atoms with Crippen molar-refractivity contribution in [2.75, 3.05) is 0 Å². The molecule has 0 aromatic rings. The SMILES string of the molecule is O=CCC(O)C(F)(F)C(=O)O. The standard InChI is InChI=1S/C5H6F2O4/c6-5(7,4(10)11)3(9)1-2-8/h2-3,9H,1H2,(H,10,11). The van der Waals surface area contributed by atoms with Gasteiger partial charge in [-0.25, -0.2) is 4.79 Å². The van der Waals surface area contributed by atoms with Crippen LogP contribution in [0.1, 0.15) is 6.42 Å². The number of aliphatic carboxylic acids is 1. The first-order valence-corrected chi connectivity index (χ1v) is 2.65. The Morgan fingerprint density at radius 2 is 2.09 bits per heavy atom. The molecule has 0 spiro atoms. The van der Waals surface area contributed by atoms with E-state index in [4.69, 9.17) is 10.2 Å². The maximum absolute atomic E-state index is 12.1. The molecule has 6 heteroatoms. The fourth-order valence-electron chi connectivity index (χ4n) is 0.382. The summed E-state index contributed by atoms with van der Waals surface area (Å²) in [5.41, 5.74) is 0. The lowest BCUT2D eigenvalue weighted by Gasteiger charge is -2.15. The van der Waals surface area contributed by atoms with Crippen molar-refractivity contribution in [2.45, 2.75) is 18.4 Å². The van der Waals surface area contributed by atoms with E-state index in [1.54, 1.807) is 0 Å². The van der Waals surface area contributed by atoms with Gasteiger partial charge in [0.05, 0.1) is 0 Å². The third kappa shape index (κ3) is 2.23. The lowest BCUT2D eigenvalue weighted by molar-refractivity contribution is -0.182. The summed E-state index contributed by atoms with van der Waals surface area (Å²) < 4.78 is 24.2. The van der Waals surface area contributed by atoms with Crippen molar-refractivity contribution in [3.05, 3.63) is 0 Å². The molecule has 0 bridgehead atoms. The van der Waals surface area contributed by atoms with Crippen LogP contribution >= 0.6 is 0 Å². The number of hydrogen-bond acceptors (Lipinski definition) is 3. The van der Waals surface area contributed by atoms with Crippen LogP contribution in [0.25, 0.3) is 0 Å². The highest BCUT2D eigenvalue weighted by Gasteiger charge is 2.46. The van der Waals surface area contributed by atoms with Crippen LogP contribution in [0.15, 0.2) is 0 Å². The molecule has 0 heterocycles. The van der Waals surface area contributed by atoms with Crippen molar-refractivity contribution in [3.63, 3.8) is 0 Å². The molecule has 0 fully saturated rings. The Hall–Kier alpha value is -1.04. The van der Waals surface area contributed by atoms with E-state index in [0.717, 1.165) is 0 Å². The molecule has 0 amide bonds. The first-order chi connectivity index (χ1) is 4.92. The number of carboxylic acids is 1. The third-order valence-corrected chi connectivity index (χ3v) is 1.02. The summed E-state index contributed by atoms with van der Waals surface area (Å²) in [5, 5.41) is 16.2. The summed E-state index contributed by atoms with van der Waals surface area (Å²) in [6, 6.07) is 0. The summed E-state index contributed by atoms with van der Waals surface area (Å²) in [4.78, 5) is 19.3. The number of aldehydes is 1.